The molecule has 0 radical (unpaired) electrons. The molecule has 1 aliphatic heterocycles. The van der Waals surface area contributed by atoms with Gasteiger partial charge in [-0.3, -0.25) is 4.79 Å². The summed E-state index contributed by atoms with van der Waals surface area (Å²) < 4.78 is 0. The molecular weight excluding hydrogens is 373 g/mol. The topological polar surface area (TPSA) is 61.4 Å². The molecule has 3 amide bonds. The molecule has 1 heterocycles. The number of likely N-dealkylation sites (tertiary alicyclic amines) is 1. The number of hydrogen-bond donors (Lipinski definition) is 2. The zero-order chi connectivity index (χ0) is 18.5. The van der Waals surface area contributed by atoms with Crippen molar-refractivity contribution in [3.63, 3.8) is 0 Å². The monoisotopic (exact) mass is 391 g/mol. The van der Waals surface area contributed by atoms with Gasteiger partial charge in [-0.05, 0) is 43.2 Å². The molecule has 0 atom stereocenters. The molecule has 1 aliphatic rings. The molecule has 1 fully saturated rings. The van der Waals surface area contributed by atoms with Crippen LogP contribution < -0.4 is 10.6 Å². The number of carbonyl (C=O) groups is 2. The van der Waals surface area contributed by atoms with Crippen LogP contribution >= 0.6 is 23.2 Å². The number of rotatable bonds is 3. The number of nitrogens with zero attached hydrogens (tertiary/aromatic N) is 1. The summed E-state index contributed by atoms with van der Waals surface area (Å²) in [5.74, 6) is -0.261. The van der Waals surface area contributed by atoms with Gasteiger partial charge in [-0.25, -0.2) is 4.79 Å². The summed E-state index contributed by atoms with van der Waals surface area (Å²) in [4.78, 5) is 26.5. The van der Waals surface area contributed by atoms with Crippen LogP contribution in [0.25, 0.3) is 0 Å². The number of halogens is 2. The summed E-state index contributed by atoms with van der Waals surface area (Å²) in [7, 11) is 0. The smallest absolute Gasteiger partial charge is 0.321 e. The Hall–Kier alpha value is -2.24. The number of amides is 3. The van der Waals surface area contributed by atoms with Gasteiger partial charge in [0.2, 0.25) is 5.91 Å². The number of anilines is 2. The highest BCUT2D eigenvalue weighted by molar-refractivity contribution is 6.35. The molecule has 0 bridgehead atoms. The lowest BCUT2D eigenvalue weighted by molar-refractivity contribution is -0.121. The van der Waals surface area contributed by atoms with Crippen LogP contribution in [0.1, 0.15) is 12.8 Å². The molecule has 2 N–H and O–H groups in total. The van der Waals surface area contributed by atoms with E-state index in [0.29, 0.717) is 41.7 Å². The maximum atomic E-state index is 12.5. The Morgan fingerprint density at radius 3 is 2.35 bits per heavy atom. The van der Waals surface area contributed by atoms with Gasteiger partial charge in [0.1, 0.15) is 0 Å². The first-order valence-corrected chi connectivity index (χ1v) is 9.15. The van der Waals surface area contributed by atoms with E-state index in [2.05, 4.69) is 10.6 Å². The lowest BCUT2D eigenvalue weighted by Crippen LogP contribution is -2.43. The molecule has 5 nitrogen and oxygen atoms in total. The molecule has 2 aromatic carbocycles. The number of urea groups is 1. The predicted octanol–water partition coefficient (Wildman–Crippen LogP) is 4.88. The van der Waals surface area contributed by atoms with Crippen LogP contribution in [0.4, 0.5) is 16.2 Å². The maximum absolute atomic E-state index is 12.5. The van der Waals surface area contributed by atoms with Crippen molar-refractivity contribution in [1.29, 1.82) is 0 Å². The lowest BCUT2D eigenvalue weighted by atomic mass is 9.96. The molecule has 136 valence electrons. The Balaban J connectivity index is 1.52. The van der Waals surface area contributed by atoms with Crippen LogP contribution in [0.15, 0.2) is 48.5 Å². The number of hydrogen-bond acceptors (Lipinski definition) is 2. The quantitative estimate of drug-likeness (QED) is 0.783. The van der Waals surface area contributed by atoms with Gasteiger partial charge in [-0.1, -0.05) is 41.4 Å². The maximum Gasteiger partial charge on any atom is 0.321 e. The van der Waals surface area contributed by atoms with E-state index in [-0.39, 0.29) is 17.9 Å². The molecule has 1 saturated heterocycles. The van der Waals surface area contributed by atoms with Gasteiger partial charge in [0.15, 0.2) is 0 Å². The van der Waals surface area contributed by atoms with Crippen molar-refractivity contribution in [1.82, 2.24) is 4.90 Å². The fourth-order valence-corrected chi connectivity index (χ4v) is 3.23. The SMILES string of the molecule is O=C(Nc1cc(Cl)ccc1Cl)C1CCN(C(=O)Nc2ccccc2)CC1. The van der Waals surface area contributed by atoms with E-state index in [1.807, 2.05) is 30.3 Å². The zero-order valence-electron chi connectivity index (χ0n) is 14.0. The van der Waals surface area contributed by atoms with Crippen molar-refractivity contribution in [2.75, 3.05) is 23.7 Å². The number of carbonyl (C=O) groups excluding carboxylic acids is 2. The van der Waals surface area contributed by atoms with Gasteiger partial charge in [-0.15, -0.1) is 0 Å². The Bertz CT molecular complexity index is 791. The van der Waals surface area contributed by atoms with E-state index in [0.717, 1.165) is 5.69 Å². The zero-order valence-corrected chi connectivity index (χ0v) is 15.6. The van der Waals surface area contributed by atoms with E-state index < -0.39 is 0 Å². The third kappa shape index (κ3) is 4.68. The summed E-state index contributed by atoms with van der Waals surface area (Å²) in [5, 5.41) is 6.65. The second kappa shape index (κ2) is 8.43. The number of benzene rings is 2. The third-order valence-electron chi connectivity index (χ3n) is 4.36. The van der Waals surface area contributed by atoms with E-state index in [9.17, 15) is 9.59 Å². The van der Waals surface area contributed by atoms with E-state index in [1.54, 1.807) is 23.1 Å². The third-order valence-corrected chi connectivity index (χ3v) is 4.93. The molecule has 2 aromatic rings. The predicted molar refractivity (Wildman–Crippen MR) is 105 cm³/mol. The van der Waals surface area contributed by atoms with Crippen LogP contribution in [0.2, 0.25) is 10.0 Å². The van der Waals surface area contributed by atoms with Crippen LogP contribution in [0.5, 0.6) is 0 Å². The molecular formula is C19H19Cl2N3O2. The normalized spacial score (nSPS) is 14.8. The van der Waals surface area contributed by atoms with Crippen molar-refractivity contribution in [3.8, 4) is 0 Å². The summed E-state index contributed by atoms with van der Waals surface area (Å²) in [6, 6.07) is 14.1. The van der Waals surface area contributed by atoms with Crippen LogP contribution in [-0.2, 0) is 4.79 Å². The highest BCUT2D eigenvalue weighted by Crippen LogP contribution is 2.27. The number of para-hydroxylation sites is 1. The van der Waals surface area contributed by atoms with E-state index in [1.165, 1.54) is 0 Å². The van der Waals surface area contributed by atoms with Crippen molar-refractivity contribution in [2.45, 2.75) is 12.8 Å². The van der Waals surface area contributed by atoms with Crippen molar-refractivity contribution >= 4 is 46.5 Å². The Morgan fingerprint density at radius 1 is 0.962 bits per heavy atom. The molecule has 0 aliphatic carbocycles. The molecule has 0 unspecified atom stereocenters. The van der Waals surface area contributed by atoms with Crippen LogP contribution in [0, 0.1) is 5.92 Å². The molecule has 0 aromatic heterocycles. The second-order valence-electron chi connectivity index (χ2n) is 6.17. The number of piperidine rings is 1. The first-order chi connectivity index (χ1) is 12.5. The largest absolute Gasteiger partial charge is 0.324 e. The minimum atomic E-state index is -0.161. The van der Waals surface area contributed by atoms with Crippen LogP contribution in [-0.4, -0.2) is 29.9 Å². The Labute approximate surface area is 162 Å². The first-order valence-electron chi connectivity index (χ1n) is 8.40. The van der Waals surface area contributed by atoms with Crippen LogP contribution in [0.3, 0.4) is 0 Å². The Morgan fingerprint density at radius 2 is 1.65 bits per heavy atom. The molecule has 0 saturated carbocycles. The standard InChI is InChI=1S/C19H19Cl2N3O2/c20-14-6-7-16(21)17(12-14)23-18(25)13-8-10-24(11-9-13)19(26)22-15-4-2-1-3-5-15/h1-7,12-13H,8-11H2,(H,22,26)(H,23,25). The molecule has 26 heavy (non-hydrogen) atoms. The minimum Gasteiger partial charge on any atom is -0.324 e. The van der Waals surface area contributed by atoms with Gasteiger partial charge in [0.25, 0.3) is 0 Å². The van der Waals surface area contributed by atoms with Crippen molar-refractivity contribution < 1.29 is 9.59 Å². The minimum absolute atomic E-state index is 0.0997. The van der Waals surface area contributed by atoms with Gasteiger partial charge in [0, 0.05) is 29.7 Å². The summed E-state index contributed by atoms with van der Waals surface area (Å²) in [5.41, 5.74) is 1.27. The average molecular weight is 392 g/mol. The molecule has 7 heteroatoms. The second-order valence-corrected chi connectivity index (χ2v) is 7.01. The Kier molecular flexibility index (Phi) is 6.01. The summed E-state index contributed by atoms with van der Waals surface area (Å²) >= 11 is 12.0. The highest BCUT2D eigenvalue weighted by atomic mass is 35.5. The summed E-state index contributed by atoms with van der Waals surface area (Å²) in [6.07, 6.45) is 1.21. The van der Waals surface area contributed by atoms with Crippen molar-refractivity contribution in [2.24, 2.45) is 5.92 Å². The van der Waals surface area contributed by atoms with Gasteiger partial charge in [-0.2, -0.15) is 0 Å². The first kappa shape index (κ1) is 18.5. The number of nitrogens with one attached hydrogen (secondary N) is 2. The average Bonchev–Trinajstić information content (AvgIpc) is 2.65. The molecule has 3 rings (SSSR count). The summed E-state index contributed by atoms with van der Waals surface area (Å²) in [6.45, 7) is 1.06. The van der Waals surface area contributed by atoms with Gasteiger partial charge in [0.05, 0.1) is 10.7 Å². The fraction of sp³-hybridized carbons (Fsp3) is 0.263. The van der Waals surface area contributed by atoms with Gasteiger partial charge >= 0.3 is 6.03 Å². The molecule has 0 spiro atoms. The fourth-order valence-electron chi connectivity index (χ4n) is 2.90. The lowest BCUT2D eigenvalue weighted by Gasteiger charge is -2.31. The van der Waals surface area contributed by atoms with Gasteiger partial charge < -0.3 is 15.5 Å². The highest BCUT2D eigenvalue weighted by Gasteiger charge is 2.27. The van der Waals surface area contributed by atoms with E-state index >= 15 is 0 Å². The van der Waals surface area contributed by atoms with Crippen molar-refractivity contribution in [3.05, 3.63) is 58.6 Å². The van der Waals surface area contributed by atoms with E-state index in [4.69, 9.17) is 23.2 Å².